The van der Waals surface area contributed by atoms with Crippen LogP contribution in [0.25, 0.3) is 0 Å². The predicted molar refractivity (Wildman–Crippen MR) is 54.0 cm³/mol. The molecule has 1 saturated carbocycles. The van der Waals surface area contributed by atoms with E-state index in [0.29, 0.717) is 0 Å². The van der Waals surface area contributed by atoms with Gasteiger partial charge in [-0.2, -0.15) is 0 Å². The van der Waals surface area contributed by atoms with Gasteiger partial charge in [-0.05, 0) is 18.3 Å². The molecule has 0 bridgehead atoms. The Balaban J connectivity index is 2.46. The van der Waals surface area contributed by atoms with Gasteiger partial charge >= 0.3 is 0 Å². The van der Waals surface area contributed by atoms with E-state index in [1.807, 2.05) is 20.8 Å². The summed E-state index contributed by atoms with van der Waals surface area (Å²) in [5.41, 5.74) is -0.157. The molecule has 1 aliphatic rings. The second-order valence-corrected chi connectivity index (χ2v) is 6.82. The standard InChI is InChI=1S/C9H19NO2S/c1-9(2,3)7-13(11,12)10-8-5-4-6-8/h8,10H,4-7H2,1-3H3. The van der Waals surface area contributed by atoms with Gasteiger partial charge in [0.1, 0.15) is 0 Å². The molecule has 0 atom stereocenters. The van der Waals surface area contributed by atoms with Crippen LogP contribution in [0, 0.1) is 5.41 Å². The Hall–Kier alpha value is -0.0900. The summed E-state index contributed by atoms with van der Waals surface area (Å²) in [7, 11) is -3.05. The van der Waals surface area contributed by atoms with Crippen LogP contribution in [-0.2, 0) is 10.0 Å². The minimum Gasteiger partial charge on any atom is -0.212 e. The van der Waals surface area contributed by atoms with Crippen molar-refractivity contribution in [2.45, 2.75) is 46.1 Å². The molecule has 0 amide bonds. The largest absolute Gasteiger partial charge is 0.212 e. The predicted octanol–water partition coefficient (Wildman–Crippen LogP) is 1.50. The van der Waals surface area contributed by atoms with Crippen molar-refractivity contribution < 1.29 is 8.42 Å². The molecule has 0 heterocycles. The van der Waals surface area contributed by atoms with Gasteiger partial charge in [0.15, 0.2) is 0 Å². The molecule has 3 nitrogen and oxygen atoms in total. The maximum Gasteiger partial charge on any atom is 0.212 e. The summed E-state index contributed by atoms with van der Waals surface area (Å²) in [6.07, 6.45) is 3.16. The molecule has 0 unspecified atom stereocenters. The van der Waals surface area contributed by atoms with E-state index in [-0.39, 0.29) is 17.2 Å². The van der Waals surface area contributed by atoms with Crippen molar-refractivity contribution in [3.8, 4) is 0 Å². The second-order valence-electron chi connectivity index (χ2n) is 5.07. The second kappa shape index (κ2) is 3.58. The summed E-state index contributed by atoms with van der Waals surface area (Å²) in [4.78, 5) is 0. The van der Waals surface area contributed by atoms with Crippen LogP contribution in [0.1, 0.15) is 40.0 Å². The van der Waals surface area contributed by atoms with E-state index in [0.717, 1.165) is 19.3 Å². The highest BCUT2D eigenvalue weighted by Crippen LogP contribution is 2.21. The van der Waals surface area contributed by atoms with Crippen LogP contribution in [0.15, 0.2) is 0 Å². The summed E-state index contributed by atoms with van der Waals surface area (Å²) < 4.78 is 25.8. The normalized spacial score (nSPS) is 19.9. The van der Waals surface area contributed by atoms with E-state index < -0.39 is 10.0 Å². The quantitative estimate of drug-likeness (QED) is 0.759. The Morgan fingerprint density at radius 2 is 1.85 bits per heavy atom. The van der Waals surface area contributed by atoms with E-state index in [9.17, 15) is 8.42 Å². The number of nitrogens with one attached hydrogen (secondary N) is 1. The number of sulfonamides is 1. The average Bonchev–Trinajstić information content (AvgIpc) is 1.73. The zero-order valence-electron chi connectivity index (χ0n) is 8.63. The fourth-order valence-electron chi connectivity index (χ4n) is 1.39. The van der Waals surface area contributed by atoms with Gasteiger partial charge in [-0.3, -0.25) is 0 Å². The van der Waals surface area contributed by atoms with E-state index >= 15 is 0 Å². The fraction of sp³-hybridized carbons (Fsp3) is 1.00. The van der Waals surface area contributed by atoms with Crippen molar-refractivity contribution in [3.63, 3.8) is 0 Å². The number of hydrogen-bond acceptors (Lipinski definition) is 2. The van der Waals surface area contributed by atoms with E-state index in [2.05, 4.69) is 4.72 Å². The lowest BCUT2D eigenvalue weighted by Crippen LogP contribution is -2.42. The van der Waals surface area contributed by atoms with Gasteiger partial charge < -0.3 is 0 Å². The molecule has 4 heteroatoms. The zero-order valence-corrected chi connectivity index (χ0v) is 9.45. The monoisotopic (exact) mass is 205 g/mol. The van der Waals surface area contributed by atoms with Gasteiger partial charge in [0, 0.05) is 6.04 Å². The molecule has 0 saturated heterocycles. The van der Waals surface area contributed by atoms with Crippen LogP contribution in [-0.4, -0.2) is 20.2 Å². The molecule has 1 rings (SSSR count). The smallest absolute Gasteiger partial charge is 0.212 e. The molecule has 1 N–H and O–H groups in total. The molecular formula is C9H19NO2S. The Morgan fingerprint density at radius 3 is 2.15 bits per heavy atom. The first kappa shape index (κ1) is 11.0. The van der Waals surface area contributed by atoms with Crippen molar-refractivity contribution in [1.29, 1.82) is 0 Å². The summed E-state index contributed by atoms with van der Waals surface area (Å²) >= 11 is 0. The summed E-state index contributed by atoms with van der Waals surface area (Å²) in [5, 5.41) is 0. The lowest BCUT2D eigenvalue weighted by Gasteiger charge is -2.28. The molecule has 0 aromatic heterocycles. The zero-order chi connectivity index (χ0) is 10.1. The van der Waals surface area contributed by atoms with Crippen LogP contribution in [0.3, 0.4) is 0 Å². The number of hydrogen-bond donors (Lipinski definition) is 1. The van der Waals surface area contributed by atoms with Crippen molar-refractivity contribution in [3.05, 3.63) is 0 Å². The van der Waals surface area contributed by atoms with E-state index in [1.54, 1.807) is 0 Å². The molecule has 1 aliphatic carbocycles. The van der Waals surface area contributed by atoms with Crippen LogP contribution >= 0.6 is 0 Å². The lowest BCUT2D eigenvalue weighted by atomic mass is 9.94. The van der Waals surface area contributed by atoms with Gasteiger partial charge in [-0.25, -0.2) is 13.1 Å². The maximum atomic E-state index is 11.5. The van der Waals surface area contributed by atoms with Crippen LogP contribution in [0.4, 0.5) is 0 Å². The lowest BCUT2D eigenvalue weighted by molar-refractivity contribution is 0.378. The third-order valence-corrected chi connectivity index (χ3v) is 4.01. The van der Waals surface area contributed by atoms with Gasteiger partial charge in [0.25, 0.3) is 0 Å². The fourth-order valence-corrected chi connectivity index (χ4v) is 3.36. The molecular weight excluding hydrogens is 186 g/mol. The SMILES string of the molecule is CC(C)(C)CS(=O)(=O)NC1CCC1. The molecule has 0 aliphatic heterocycles. The van der Waals surface area contributed by atoms with E-state index in [4.69, 9.17) is 0 Å². The highest BCUT2D eigenvalue weighted by Gasteiger charge is 2.26. The molecule has 1 fully saturated rings. The van der Waals surface area contributed by atoms with Gasteiger partial charge in [0.2, 0.25) is 10.0 Å². The van der Waals surface area contributed by atoms with Crippen molar-refractivity contribution in [1.82, 2.24) is 4.72 Å². The van der Waals surface area contributed by atoms with Crippen LogP contribution in [0.2, 0.25) is 0 Å². The Kier molecular flexibility index (Phi) is 3.02. The maximum absolute atomic E-state index is 11.5. The van der Waals surface area contributed by atoms with Crippen molar-refractivity contribution >= 4 is 10.0 Å². The van der Waals surface area contributed by atoms with Crippen molar-refractivity contribution in [2.24, 2.45) is 5.41 Å². The third kappa shape index (κ3) is 4.09. The molecule has 0 radical (unpaired) electrons. The average molecular weight is 205 g/mol. The van der Waals surface area contributed by atoms with Crippen molar-refractivity contribution in [2.75, 3.05) is 5.75 Å². The van der Waals surface area contributed by atoms with E-state index in [1.165, 1.54) is 0 Å². The van der Waals surface area contributed by atoms with Crippen LogP contribution < -0.4 is 4.72 Å². The first-order valence-electron chi connectivity index (χ1n) is 4.78. The highest BCUT2D eigenvalue weighted by molar-refractivity contribution is 7.89. The third-order valence-electron chi connectivity index (χ3n) is 2.07. The Morgan fingerprint density at radius 1 is 1.31 bits per heavy atom. The molecule has 0 aromatic rings. The van der Waals surface area contributed by atoms with Gasteiger partial charge in [0.05, 0.1) is 5.75 Å². The minimum absolute atomic E-state index is 0.157. The summed E-state index contributed by atoms with van der Waals surface area (Å²) in [5.74, 6) is 0.219. The van der Waals surface area contributed by atoms with Gasteiger partial charge in [-0.1, -0.05) is 27.2 Å². The molecule has 13 heavy (non-hydrogen) atoms. The van der Waals surface area contributed by atoms with Crippen LogP contribution in [0.5, 0.6) is 0 Å². The highest BCUT2D eigenvalue weighted by atomic mass is 32.2. The Bertz CT molecular complexity index is 260. The topological polar surface area (TPSA) is 46.2 Å². The summed E-state index contributed by atoms with van der Waals surface area (Å²) in [6.45, 7) is 5.81. The minimum atomic E-state index is -3.05. The Labute approximate surface area is 81.0 Å². The first-order chi connectivity index (χ1) is 5.79. The molecule has 0 aromatic carbocycles. The van der Waals surface area contributed by atoms with Gasteiger partial charge in [-0.15, -0.1) is 0 Å². The summed E-state index contributed by atoms with van der Waals surface area (Å²) in [6, 6.07) is 0.215. The molecule has 78 valence electrons. The first-order valence-corrected chi connectivity index (χ1v) is 6.44. The molecule has 0 spiro atoms. The number of rotatable bonds is 3.